The number of rotatable bonds is 9. The van der Waals surface area contributed by atoms with Crippen molar-refractivity contribution in [2.45, 2.75) is 19.8 Å². The van der Waals surface area contributed by atoms with E-state index in [1.54, 1.807) is 48.8 Å². The van der Waals surface area contributed by atoms with Crippen LogP contribution in [0.15, 0.2) is 67.3 Å². The molecule has 0 unspecified atom stereocenters. The predicted molar refractivity (Wildman–Crippen MR) is 112 cm³/mol. The molecule has 0 aliphatic heterocycles. The average Bonchev–Trinajstić information content (AvgIpc) is 2.79. The molecule has 3 rings (SSSR count). The van der Waals surface area contributed by atoms with Gasteiger partial charge in [-0.2, -0.15) is 0 Å². The fourth-order valence-electron chi connectivity index (χ4n) is 2.69. The van der Waals surface area contributed by atoms with Crippen LogP contribution in [0.5, 0.6) is 11.5 Å². The summed E-state index contributed by atoms with van der Waals surface area (Å²) in [7, 11) is 0. The highest BCUT2D eigenvalue weighted by Crippen LogP contribution is 2.30. The van der Waals surface area contributed by atoms with Gasteiger partial charge in [0.05, 0.1) is 11.1 Å². The second-order valence-corrected chi connectivity index (χ2v) is 6.54. The summed E-state index contributed by atoms with van der Waals surface area (Å²) in [5, 5.41) is 3.33. The van der Waals surface area contributed by atoms with Crippen LogP contribution in [0.2, 0.25) is 0 Å². The first kappa shape index (κ1) is 21.1. The van der Waals surface area contributed by atoms with Gasteiger partial charge in [0.15, 0.2) is 11.5 Å². The van der Waals surface area contributed by atoms with E-state index in [2.05, 4.69) is 22.2 Å². The van der Waals surface area contributed by atoms with E-state index in [4.69, 9.17) is 9.47 Å². The molecule has 2 heterocycles. The Morgan fingerprint density at radius 2 is 1.50 bits per heavy atom. The summed E-state index contributed by atoms with van der Waals surface area (Å²) in [6.07, 6.45) is 7.77. The number of hydrogen-bond acceptors (Lipinski definition) is 7. The van der Waals surface area contributed by atoms with Gasteiger partial charge >= 0.3 is 11.9 Å². The minimum absolute atomic E-state index is 0.159. The minimum atomic E-state index is -0.584. The Hall–Kier alpha value is -3.58. The van der Waals surface area contributed by atoms with Crippen molar-refractivity contribution in [3.05, 3.63) is 83.9 Å². The van der Waals surface area contributed by atoms with Gasteiger partial charge in [0.2, 0.25) is 0 Å². The monoisotopic (exact) mass is 405 g/mol. The van der Waals surface area contributed by atoms with E-state index in [1.807, 2.05) is 6.07 Å². The lowest BCUT2D eigenvalue weighted by Gasteiger charge is -2.12. The Morgan fingerprint density at radius 3 is 2.07 bits per heavy atom. The maximum absolute atomic E-state index is 12.5. The molecule has 0 radical (unpaired) electrons. The molecule has 0 aliphatic carbocycles. The van der Waals surface area contributed by atoms with Crippen LogP contribution in [0.4, 0.5) is 0 Å². The number of pyridine rings is 2. The van der Waals surface area contributed by atoms with E-state index in [9.17, 15) is 9.59 Å². The lowest BCUT2D eigenvalue weighted by Crippen LogP contribution is -2.18. The molecule has 0 saturated heterocycles. The second kappa shape index (κ2) is 10.8. The fraction of sp³-hybridized carbons (Fsp3) is 0.217. The zero-order chi connectivity index (χ0) is 21.2. The molecule has 7 heteroatoms. The van der Waals surface area contributed by atoms with Crippen LogP contribution in [-0.2, 0) is 6.42 Å². The molecule has 30 heavy (non-hydrogen) atoms. The molecule has 0 aliphatic rings. The van der Waals surface area contributed by atoms with Gasteiger partial charge in [0, 0.05) is 24.8 Å². The molecular weight excluding hydrogens is 382 g/mol. The summed E-state index contributed by atoms with van der Waals surface area (Å²) in [5.74, 6) is -0.831. The predicted octanol–water partition coefficient (Wildman–Crippen LogP) is 3.46. The SMILES string of the molecule is CCCNCCc1ccc(OC(=O)c2cccnc2)c(OC(=O)c2cccnc2)c1. The van der Waals surface area contributed by atoms with Crippen molar-refractivity contribution in [2.24, 2.45) is 0 Å². The zero-order valence-electron chi connectivity index (χ0n) is 16.7. The standard InChI is InChI=1S/C23H23N3O4/c1-2-10-24-13-9-17-7-8-20(29-22(27)18-5-3-11-25-15-18)21(14-17)30-23(28)19-6-4-12-26-16-19/h3-8,11-12,14-16,24H,2,9-10,13H2,1H3. The second-order valence-electron chi connectivity index (χ2n) is 6.54. The van der Waals surface area contributed by atoms with Crippen molar-refractivity contribution in [1.82, 2.24) is 15.3 Å². The van der Waals surface area contributed by atoms with E-state index in [1.165, 1.54) is 12.4 Å². The maximum Gasteiger partial charge on any atom is 0.345 e. The van der Waals surface area contributed by atoms with Gasteiger partial charge in [-0.1, -0.05) is 13.0 Å². The summed E-state index contributed by atoms with van der Waals surface area (Å²) in [6, 6.07) is 11.7. The normalized spacial score (nSPS) is 10.4. The van der Waals surface area contributed by atoms with Crippen LogP contribution in [0.3, 0.4) is 0 Å². The van der Waals surface area contributed by atoms with E-state index in [-0.39, 0.29) is 11.5 Å². The highest BCUT2D eigenvalue weighted by atomic mass is 16.6. The largest absolute Gasteiger partial charge is 0.419 e. The Morgan fingerprint density at radius 1 is 0.867 bits per heavy atom. The molecule has 0 fully saturated rings. The van der Waals surface area contributed by atoms with Crippen molar-refractivity contribution in [2.75, 3.05) is 13.1 Å². The zero-order valence-corrected chi connectivity index (χ0v) is 16.7. The lowest BCUT2D eigenvalue weighted by atomic mass is 10.1. The number of nitrogens with one attached hydrogen (secondary N) is 1. The molecule has 2 aromatic heterocycles. The number of carbonyl (C=O) groups is 2. The van der Waals surface area contributed by atoms with Gasteiger partial charge in [0.1, 0.15) is 0 Å². The topological polar surface area (TPSA) is 90.4 Å². The molecule has 0 saturated carbocycles. The number of esters is 2. The molecule has 154 valence electrons. The van der Waals surface area contributed by atoms with E-state index in [0.717, 1.165) is 31.5 Å². The fourth-order valence-corrected chi connectivity index (χ4v) is 2.69. The molecule has 0 atom stereocenters. The highest BCUT2D eigenvalue weighted by Gasteiger charge is 2.17. The van der Waals surface area contributed by atoms with Gasteiger partial charge in [0.25, 0.3) is 0 Å². The summed E-state index contributed by atoms with van der Waals surface area (Å²) >= 11 is 0. The lowest BCUT2D eigenvalue weighted by molar-refractivity contribution is 0.0681. The first-order chi connectivity index (χ1) is 14.7. The van der Waals surface area contributed by atoms with Gasteiger partial charge in [-0.25, -0.2) is 9.59 Å². The Balaban J connectivity index is 1.81. The molecule has 0 bridgehead atoms. The molecular formula is C23H23N3O4. The van der Waals surface area contributed by atoms with Crippen LogP contribution >= 0.6 is 0 Å². The summed E-state index contributed by atoms with van der Waals surface area (Å²) in [5.41, 5.74) is 1.56. The van der Waals surface area contributed by atoms with Crippen LogP contribution in [0.25, 0.3) is 0 Å². The first-order valence-corrected chi connectivity index (χ1v) is 9.75. The highest BCUT2D eigenvalue weighted by molar-refractivity contribution is 5.92. The van der Waals surface area contributed by atoms with E-state index < -0.39 is 11.9 Å². The minimum Gasteiger partial charge on any atom is -0.419 e. The molecule has 7 nitrogen and oxygen atoms in total. The molecule has 0 amide bonds. The van der Waals surface area contributed by atoms with Gasteiger partial charge < -0.3 is 14.8 Å². The van der Waals surface area contributed by atoms with E-state index >= 15 is 0 Å². The summed E-state index contributed by atoms with van der Waals surface area (Å²) in [6.45, 7) is 3.83. The van der Waals surface area contributed by atoms with E-state index in [0.29, 0.717) is 11.1 Å². The Bertz CT molecular complexity index is 978. The van der Waals surface area contributed by atoms with Gasteiger partial charge in [-0.05, 0) is 67.9 Å². The quantitative estimate of drug-likeness (QED) is 0.331. The average molecular weight is 405 g/mol. The van der Waals surface area contributed by atoms with Crippen LogP contribution in [-0.4, -0.2) is 35.0 Å². The number of ether oxygens (including phenoxy) is 2. The van der Waals surface area contributed by atoms with Crippen molar-refractivity contribution in [1.29, 1.82) is 0 Å². The van der Waals surface area contributed by atoms with Crippen molar-refractivity contribution in [3.63, 3.8) is 0 Å². The van der Waals surface area contributed by atoms with Crippen molar-refractivity contribution in [3.8, 4) is 11.5 Å². The van der Waals surface area contributed by atoms with Crippen molar-refractivity contribution >= 4 is 11.9 Å². The first-order valence-electron chi connectivity index (χ1n) is 9.75. The summed E-state index contributed by atoms with van der Waals surface area (Å²) in [4.78, 5) is 32.8. The Kier molecular flexibility index (Phi) is 7.63. The summed E-state index contributed by atoms with van der Waals surface area (Å²) < 4.78 is 11.0. The van der Waals surface area contributed by atoms with Crippen LogP contribution in [0, 0.1) is 0 Å². The van der Waals surface area contributed by atoms with Gasteiger partial charge in [-0.15, -0.1) is 0 Å². The van der Waals surface area contributed by atoms with Crippen LogP contribution < -0.4 is 14.8 Å². The number of hydrogen-bond donors (Lipinski definition) is 1. The number of aromatic nitrogens is 2. The number of benzene rings is 1. The van der Waals surface area contributed by atoms with Crippen LogP contribution in [0.1, 0.15) is 39.6 Å². The van der Waals surface area contributed by atoms with Gasteiger partial charge in [-0.3, -0.25) is 9.97 Å². The molecule has 0 spiro atoms. The maximum atomic E-state index is 12.5. The Labute approximate surface area is 175 Å². The van der Waals surface area contributed by atoms with Crippen molar-refractivity contribution < 1.29 is 19.1 Å². The molecule has 3 aromatic rings. The third-order valence-corrected chi connectivity index (χ3v) is 4.23. The third kappa shape index (κ3) is 5.96. The number of carbonyl (C=O) groups excluding carboxylic acids is 2. The smallest absolute Gasteiger partial charge is 0.345 e. The molecule has 1 aromatic carbocycles. The third-order valence-electron chi connectivity index (χ3n) is 4.23. The number of nitrogens with zero attached hydrogens (tertiary/aromatic N) is 2. The molecule has 1 N–H and O–H groups in total.